The van der Waals surface area contributed by atoms with E-state index in [2.05, 4.69) is 9.72 Å². The zero-order chi connectivity index (χ0) is 10.9. The van der Waals surface area contributed by atoms with E-state index in [0.717, 1.165) is 0 Å². The Labute approximate surface area is 86.0 Å². The fraction of sp³-hybridized carbons (Fsp3) is 0.167. The van der Waals surface area contributed by atoms with Gasteiger partial charge in [-0.3, -0.25) is 0 Å². The summed E-state index contributed by atoms with van der Waals surface area (Å²) in [5.74, 6) is -1.80. The Morgan fingerprint density at radius 3 is 2.43 bits per heavy atom. The molecular formula is C6H2Cl2F3NO2. The summed E-state index contributed by atoms with van der Waals surface area (Å²) in [6, 6.07) is 0. The highest BCUT2D eigenvalue weighted by Gasteiger charge is 2.34. The lowest BCUT2D eigenvalue weighted by atomic mass is 10.4. The molecule has 1 aromatic rings. The molecule has 0 fully saturated rings. The molecule has 3 nitrogen and oxygen atoms in total. The van der Waals surface area contributed by atoms with Gasteiger partial charge >= 0.3 is 6.36 Å². The molecule has 0 unspecified atom stereocenters. The number of nitrogens with zero attached hydrogens (tertiary/aromatic N) is 1. The van der Waals surface area contributed by atoms with Crippen LogP contribution in [0.2, 0.25) is 10.2 Å². The molecule has 0 atom stereocenters. The smallest absolute Gasteiger partial charge is 0.503 e. The Balaban J connectivity index is 3.13. The van der Waals surface area contributed by atoms with Crippen molar-refractivity contribution in [2.24, 2.45) is 0 Å². The van der Waals surface area contributed by atoms with Crippen LogP contribution in [0.15, 0.2) is 6.20 Å². The van der Waals surface area contributed by atoms with Crippen LogP contribution in [0.5, 0.6) is 11.5 Å². The van der Waals surface area contributed by atoms with Gasteiger partial charge in [-0.25, -0.2) is 4.98 Å². The Morgan fingerprint density at radius 1 is 1.36 bits per heavy atom. The highest BCUT2D eigenvalue weighted by molar-refractivity contribution is 6.42. The summed E-state index contributed by atoms with van der Waals surface area (Å²) >= 11 is 10.6. The second-order valence-corrected chi connectivity index (χ2v) is 2.86. The first-order valence-corrected chi connectivity index (χ1v) is 3.85. The van der Waals surface area contributed by atoms with Crippen LogP contribution in [0.3, 0.4) is 0 Å². The van der Waals surface area contributed by atoms with E-state index in [1.165, 1.54) is 0 Å². The van der Waals surface area contributed by atoms with Crippen molar-refractivity contribution in [1.29, 1.82) is 0 Å². The van der Waals surface area contributed by atoms with Crippen LogP contribution in [0.4, 0.5) is 13.2 Å². The fourth-order valence-corrected chi connectivity index (χ4v) is 0.971. The van der Waals surface area contributed by atoms with Crippen LogP contribution < -0.4 is 4.74 Å². The van der Waals surface area contributed by atoms with Crippen LogP contribution in [0.1, 0.15) is 0 Å². The third-order valence-electron chi connectivity index (χ3n) is 1.13. The molecule has 8 heteroatoms. The van der Waals surface area contributed by atoms with E-state index >= 15 is 0 Å². The highest BCUT2D eigenvalue weighted by Crippen LogP contribution is 2.40. The van der Waals surface area contributed by atoms with E-state index in [0.29, 0.717) is 6.20 Å². The number of halogens is 5. The number of hydrogen-bond donors (Lipinski definition) is 1. The molecule has 0 aliphatic heterocycles. The fourth-order valence-electron chi connectivity index (χ4n) is 0.652. The van der Waals surface area contributed by atoms with Crippen LogP contribution in [-0.4, -0.2) is 16.5 Å². The molecular weight excluding hydrogens is 246 g/mol. The molecule has 0 radical (unpaired) electrons. The maximum Gasteiger partial charge on any atom is 0.573 e. The largest absolute Gasteiger partial charge is 0.573 e. The van der Waals surface area contributed by atoms with Crippen LogP contribution >= 0.6 is 23.2 Å². The molecule has 1 heterocycles. The zero-order valence-corrected chi connectivity index (χ0v) is 7.78. The zero-order valence-electron chi connectivity index (χ0n) is 6.27. The summed E-state index contributed by atoms with van der Waals surface area (Å²) in [7, 11) is 0. The Hall–Kier alpha value is -0.880. The molecule has 0 aromatic carbocycles. The van der Waals surface area contributed by atoms with Crippen molar-refractivity contribution in [2.45, 2.75) is 6.36 Å². The number of ether oxygens (including phenoxy) is 1. The summed E-state index contributed by atoms with van der Waals surface area (Å²) < 4.78 is 38.8. The summed E-state index contributed by atoms with van der Waals surface area (Å²) in [4.78, 5) is 3.31. The monoisotopic (exact) mass is 247 g/mol. The minimum absolute atomic E-state index is 0.385. The molecule has 0 aliphatic carbocycles. The lowest BCUT2D eigenvalue weighted by molar-refractivity contribution is -0.275. The minimum Gasteiger partial charge on any atom is -0.503 e. The van der Waals surface area contributed by atoms with Crippen LogP contribution in [0, 0.1) is 0 Å². The summed E-state index contributed by atoms with van der Waals surface area (Å²) in [5.41, 5.74) is 0. The molecule has 78 valence electrons. The van der Waals surface area contributed by atoms with Crippen molar-refractivity contribution in [3.05, 3.63) is 16.4 Å². The lowest BCUT2D eigenvalue weighted by Gasteiger charge is -2.11. The van der Waals surface area contributed by atoms with Gasteiger partial charge in [0.2, 0.25) is 0 Å². The second-order valence-electron chi connectivity index (χ2n) is 2.13. The van der Waals surface area contributed by atoms with E-state index in [9.17, 15) is 13.2 Å². The van der Waals surface area contributed by atoms with Gasteiger partial charge < -0.3 is 9.84 Å². The molecule has 0 amide bonds. The van der Waals surface area contributed by atoms with Gasteiger partial charge in [0.15, 0.2) is 16.7 Å². The first-order chi connectivity index (χ1) is 6.31. The third-order valence-corrected chi connectivity index (χ3v) is 1.87. The van der Waals surface area contributed by atoms with Crippen LogP contribution in [-0.2, 0) is 0 Å². The molecule has 1 N–H and O–H groups in total. The Bertz CT molecular complexity index is 356. The van der Waals surface area contributed by atoms with Crippen molar-refractivity contribution < 1.29 is 23.0 Å². The van der Waals surface area contributed by atoms with Gasteiger partial charge in [0.05, 0.1) is 6.20 Å². The maximum absolute atomic E-state index is 11.8. The van der Waals surface area contributed by atoms with Crippen molar-refractivity contribution in [2.75, 3.05) is 0 Å². The van der Waals surface area contributed by atoms with E-state index in [4.69, 9.17) is 28.3 Å². The van der Waals surface area contributed by atoms with E-state index in [1.807, 2.05) is 0 Å². The number of aromatic hydroxyl groups is 1. The number of alkyl halides is 3. The Morgan fingerprint density at radius 2 is 1.93 bits per heavy atom. The SMILES string of the molecule is Oc1cnc(Cl)c(Cl)c1OC(F)(F)F. The van der Waals surface area contributed by atoms with Crippen molar-refractivity contribution >= 4 is 23.2 Å². The van der Waals surface area contributed by atoms with E-state index in [-0.39, 0.29) is 5.15 Å². The predicted molar refractivity (Wildman–Crippen MR) is 42.6 cm³/mol. The lowest BCUT2D eigenvalue weighted by Crippen LogP contribution is -2.17. The standard InChI is InChI=1S/C6H2Cl2F3NO2/c7-3-4(14-6(9,10)11)2(13)1-12-5(3)8/h1,13H. The second kappa shape index (κ2) is 3.70. The molecule has 0 bridgehead atoms. The van der Waals surface area contributed by atoms with Gasteiger partial charge in [-0.2, -0.15) is 0 Å². The number of aromatic nitrogens is 1. The summed E-state index contributed by atoms with van der Waals surface area (Å²) in [6.07, 6.45) is -4.25. The average molecular weight is 248 g/mol. The topological polar surface area (TPSA) is 42.4 Å². The number of pyridine rings is 1. The first kappa shape index (κ1) is 11.2. The molecule has 0 aliphatic rings. The molecule has 0 saturated carbocycles. The van der Waals surface area contributed by atoms with Crippen molar-refractivity contribution in [1.82, 2.24) is 4.98 Å². The predicted octanol–water partition coefficient (Wildman–Crippen LogP) is 2.99. The highest BCUT2D eigenvalue weighted by atomic mass is 35.5. The number of hydrogen-bond acceptors (Lipinski definition) is 3. The summed E-state index contributed by atoms with van der Waals surface area (Å²) in [6.45, 7) is 0. The Kier molecular flexibility index (Phi) is 2.96. The minimum atomic E-state index is -4.95. The van der Waals surface area contributed by atoms with Crippen molar-refractivity contribution in [3.8, 4) is 11.5 Å². The van der Waals surface area contributed by atoms with Gasteiger partial charge in [-0.05, 0) is 0 Å². The van der Waals surface area contributed by atoms with Gasteiger partial charge in [-0.1, -0.05) is 23.2 Å². The van der Waals surface area contributed by atoms with E-state index < -0.39 is 22.9 Å². The quantitative estimate of drug-likeness (QED) is 0.776. The van der Waals surface area contributed by atoms with Gasteiger partial charge in [0.1, 0.15) is 5.02 Å². The molecule has 1 rings (SSSR count). The van der Waals surface area contributed by atoms with Gasteiger partial charge in [0, 0.05) is 0 Å². The first-order valence-electron chi connectivity index (χ1n) is 3.10. The molecule has 14 heavy (non-hydrogen) atoms. The van der Waals surface area contributed by atoms with Gasteiger partial charge in [0.25, 0.3) is 0 Å². The maximum atomic E-state index is 11.8. The normalized spacial score (nSPS) is 11.5. The van der Waals surface area contributed by atoms with Crippen molar-refractivity contribution in [3.63, 3.8) is 0 Å². The van der Waals surface area contributed by atoms with Gasteiger partial charge in [-0.15, -0.1) is 13.2 Å². The van der Waals surface area contributed by atoms with Crippen LogP contribution in [0.25, 0.3) is 0 Å². The molecule has 1 aromatic heterocycles. The number of rotatable bonds is 1. The summed E-state index contributed by atoms with van der Waals surface area (Å²) in [5, 5.41) is 7.97. The molecule has 0 saturated heterocycles. The third kappa shape index (κ3) is 2.55. The molecule has 0 spiro atoms. The van der Waals surface area contributed by atoms with E-state index in [1.54, 1.807) is 0 Å². The average Bonchev–Trinajstić information content (AvgIpc) is 2.04.